The molecule has 0 aromatic heterocycles. The van der Waals surface area contributed by atoms with Crippen molar-refractivity contribution in [3.63, 3.8) is 0 Å². The standard InChI is InChI=1S/C24H25NO5/c1-2-14-29-23(27)22-21(26)12-7-13-25(22)24(28)30-15-20-18-10-5-3-8-16(18)17-9-4-6-11-19(17)20/h2-6,8-11,20-22,26H,1,7,12-15H2/t21-,22+/m0/s1. The quantitative estimate of drug-likeness (QED) is 0.607. The lowest BCUT2D eigenvalue weighted by atomic mass is 9.98. The average molecular weight is 407 g/mol. The number of nitrogens with zero attached hydrogens (tertiary/aromatic N) is 1. The normalized spacial score (nSPS) is 20.2. The zero-order valence-electron chi connectivity index (χ0n) is 16.7. The Morgan fingerprint density at radius 3 is 2.33 bits per heavy atom. The molecule has 0 unspecified atom stereocenters. The maximum atomic E-state index is 12.9. The van der Waals surface area contributed by atoms with Crippen molar-refractivity contribution in [1.82, 2.24) is 4.90 Å². The van der Waals surface area contributed by atoms with Gasteiger partial charge in [0.05, 0.1) is 6.10 Å². The van der Waals surface area contributed by atoms with Crippen LogP contribution in [0.15, 0.2) is 61.2 Å². The van der Waals surface area contributed by atoms with E-state index in [4.69, 9.17) is 9.47 Å². The first kappa shape index (κ1) is 20.2. The average Bonchev–Trinajstić information content (AvgIpc) is 3.09. The van der Waals surface area contributed by atoms with Crippen molar-refractivity contribution in [2.24, 2.45) is 0 Å². The molecule has 1 saturated heterocycles. The fourth-order valence-corrected chi connectivity index (χ4v) is 4.37. The number of hydrogen-bond acceptors (Lipinski definition) is 5. The second kappa shape index (κ2) is 8.71. The zero-order valence-corrected chi connectivity index (χ0v) is 16.7. The predicted octanol–water partition coefficient (Wildman–Crippen LogP) is 3.49. The molecule has 2 aromatic rings. The summed E-state index contributed by atoms with van der Waals surface area (Å²) >= 11 is 0. The number of ether oxygens (including phenoxy) is 2. The number of fused-ring (bicyclic) bond motifs is 3. The third kappa shape index (κ3) is 3.71. The van der Waals surface area contributed by atoms with Crippen LogP contribution in [0.1, 0.15) is 29.9 Å². The molecule has 6 nitrogen and oxygen atoms in total. The summed E-state index contributed by atoms with van der Waals surface area (Å²) in [5.74, 6) is -0.710. The minimum atomic E-state index is -1.06. The van der Waals surface area contributed by atoms with Crippen LogP contribution in [0.2, 0.25) is 0 Å². The molecule has 0 spiro atoms. The molecule has 30 heavy (non-hydrogen) atoms. The van der Waals surface area contributed by atoms with E-state index in [9.17, 15) is 14.7 Å². The van der Waals surface area contributed by atoms with Gasteiger partial charge in [0.15, 0.2) is 6.04 Å². The number of rotatable bonds is 5. The van der Waals surface area contributed by atoms with Gasteiger partial charge in [0.1, 0.15) is 13.2 Å². The van der Waals surface area contributed by atoms with Crippen molar-refractivity contribution >= 4 is 12.1 Å². The molecule has 0 saturated carbocycles. The van der Waals surface area contributed by atoms with Crippen LogP contribution in [0.3, 0.4) is 0 Å². The molecule has 1 heterocycles. The van der Waals surface area contributed by atoms with Gasteiger partial charge in [-0.15, -0.1) is 0 Å². The topological polar surface area (TPSA) is 76.1 Å². The van der Waals surface area contributed by atoms with Gasteiger partial charge in [-0.25, -0.2) is 9.59 Å². The minimum Gasteiger partial charge on any atom is -0.460 e. The largest absolute Gasteiger partial charge is 0.460 e. The van der Waals surface area contributed by atoms with Crippen LogP contribution >= 0.6 is 0 Å². The van der Waals surface area contributed by atoms with Crippen molar-refractivity contribution in [2.75, 3.05) is 19.8 Å². The molecule has 0 bridgehead atoms. The Labute approximate surface area is 175 Å². The summed E-state index contributed by atoms with van der Waals surface area (Å²) in [6, 6.07) is 15.1. The van der Waals surface area contributed by atoms with Gasteiger partial charge in [0.2, 0.25) is 0 Å². The van der Waals surface area contributed by atoms with Gasteiger partial charge in [-0.05, 0) is 35.1 Å². The monoisotopic (exact) mass is 407 g/mol. The van der Waals surface area contributed by atoms with Gasteiger partial charge in [-0.1, -0.05) is 61.2 Å². The Balaban J connectivity index is 1.50. The summed E-state index contributed by atoms with van der Waals surface area (Å²) in [6.45, 7) is 4.04. The second-order valence-corrected chi connectivity index (χ2v) is 7.57. The van der Waals surface area contributed by atoms with E-state index >= 15 is 0 Å². The maximum Gasteiger partial charge on any atom is 0.410 e. The van der Waals surface area contributed by atoms with Crippen molar-refractivity contribution in [3.05, 3.63) is 72.3 Å². The summed E-state index contributed by atoms with van der Waals surface area (Å²) in [5, 5.41) is 10.3. The fourth-order valence-electron chi connectivity index (χ4n) is 4.37. The molecular weight excluding hydrogens is 382 g/mol. The molecule has 2 aromatic carbocycles. The molecule has 1 aliphatic carbocycles. The van der Waals surface area contributed by atoms with Crippen LogP contribution in [-0.2, 0) is 14.3 Å². The smallest absolute Gasteiger partial charge is 0.410 e. The lowest BCUT2D eigenvalue weighted by Gasteiger charge is -2.36. The lowest BCUT2D eigenvalue weighted by molar-refractivity contribution is -0.154. The van der Waals surface area contributed by atoms with E-state index in [-0.39, 0.29) is 19.1 Å². The summed E-state index contributed by atoms with van der Waals surface area (Å²) in [6.07, 6.45) is 0.884. The molecule has 1 fully saturated rings. The van der Waals surface area contributed by atoms with E-state index in [0.29, 0.717) is 19.4 Å². The summed E-state index contributed by atoms with van der Waals surface area (Å²) in [4.78, 5) is 26.6. The maximum absolute atomic E-state index is 12.9. The number of likely N-dealkylation sites (tertiary alicyclic amines) is 1. The Hall–Kier alpha value is -3.12. The van der Waals surface area contributed by atoms with Crippen molar-refractivity contribution < 1.29 is 24.2 Å². The third-order valence-electron chi connectivity index (χ3n) is 5.75. The highest BCUT2D eigenvalue weighted by Gasteiger charge is 2.41. The van der Waals surface area contributed by atoms with Crippen LogP contribution in [0, 0.1) is 0 Å². The first-order valence-electron chi connectivity index (χ1n) is 10.2. The summed E-state index contributed by atoms with van der Waals surface area (Å²) < 4.78 is 10.7. The molecular formula is C24H25NO5. The van der Waals surface area contributed by atoms with Crippen LogP contribution < -0.4 is 0 Å². The van der Waals surface area contributed by atoms with Crippen molar-refractivity contribution in [2.45, 2.75) is 30.9 Å². The fraction of sp³-hybridized carbons (Fsp3) is 0.333. The molecule has 1 aliphatic heterocycles. The zero-order chi connectivity index (χ0) is 21.1. The number of piperidine rings is 1. The molecule has 2 atom stereocenters. The molecule has 156 valence electrons. The molecule has 1 amide bonds. The number of hydrogen-bond donors (Lipinski definition) is 1. The van der Waals surface area contributed by atoms with Crippen LogP contribution in [0.25, 0.3) is 11.1 Å². The Morgan fingerprint density at radius 1 is 1.07 bits per heavy atom. The summed E-state index contributed by atoms with van der Waals surface area (Å²) in [5.41, 5.74) is 4.53. The molecule has 2 aliphatic rings. The van der Waals surface area contributed by atoms with Crippen molar-refractivity contribution in [3.8, 4) is 11.1 Å². The molecule has 4 rings (SSSR count). The van der Waals surface area contributed by atoms with Crippen LogP contribution in [-0.4, -0.2) is 54.0 Å². The SMILES string of the molecule is C=CCOC(=O)[C@H]1[C@@H](O)CCCN1C(=O)OCC1c2ccccc2-c2ccccc21. The lowest BCUT2D eigenvalue weighted by Crippen LogP contribution is -2.55. The number of amides is 1. The highest BCUT2D eigenvalue weighted by Crippen LogP contribution is 2.44. The Bertz CT molecular complexity index is 911. The Kier molecular flexibility index (Phi) is 5.86. The van der Waals surface area contributed by atoms with E-state index < -0.39 is 24.2 Å². The van der Waals surface area contributed by atoms with Crippen LogP contribution in [0.4, 0.5) is 4.79 Å². The summed E-state index contributed by atoms with van der Waals surface area (Å²) in [7, 11) is 0. The van der Waals surface area contributed by atoms with E-state index in [1.807, 2.05) is 36.4 Å². The van der Waals surface area contributed by atoms with Gasteiger partial charge < -0.3 is 14.6 Å². The van der Waals surface area contributed by atoms with E-state index in [1.54, 1.807) is 0 Å². The Morgan fingerprint density at radius 2 is 1.70 bits per heavy atom. The van der Waals surface area contributed by atoms with Gasteiger partial charge in [-0.2, -0.15) is 0 Å². The van der Waals surface area contributed by atoms with E-state index in [2.05, 4.69) is 18.7 Å². The number of esters is 1. The van der Waals surface area contributed by atoms with Crippen LogP contribution in [0.5, 0.6) is 0 Å². The number of aliphatic hydroxyl groups is 1. The van der Waals surface area contributed by atoms with Gasteiger partial charge >= 0.3 is 12.1 Å². The van der Waals surface area contributed by atoms with E-state index in [1.165, 1.54) is 11.0 Å². The number of carbonyl (C=O) groups excluding carboxylic acids is 2. The highest BCUT2D eigenvalue weighted by atomic mass is 16.6. The van der Waals surface area contributed by atoms with E-state index in [0.717, 1.165) is 22.3 Å². The first-order valence-corrected chi connectivity index (χ1v) is 10.2. The molecule has 0 radical (unpaired) electrons. The number of carbonyl (C=O) groups is 2. The number of aliphatic hydroxyl groups excluding tert-OH is 1. The van der Waals surface area contributed by atoms with Gasteiger partial charge in [0.25, 0.3) is 0 Å². The third-order valence-corrected chi connectivity index (χ3v) is 5.75. The minimum absolute atomic E-state index is 0.0284. The predicted molar refractivity (Wildman–Crippen MR) is 112 cm³/mol. The van der Waals surface area contributed by atoms with Gasteiger partial charge in [0, 0.05) is 12.5 Å². The molecule has 1 N–H and O–H groups in total. The molecule has 6 heteroatoms. The highest BCUT2D eigenvalue weighted by molar-refractivity contribution is 5.83. The second-order valence-electron chi connectivity index (χ2n) is 7.57. The first-order chi connectivity index (χ1) is 14.6. The number of benzene rings is 2. The van der Waals surface area contributed by atoms with Gasteiger partial charge in [-0.3, -0.25) is 4.90 Å². The van der Waals surface area contributed by atoms with Crippen molar-refractivity contribution in [1.29, 1.82) is 0 Å².